The number of carbonyl (C=O) groups excluding carboxylic acids is 1. The zero-order valence-corrected chi connectivity index (χ0v) is 22.2. The van der Waals surface area contributed by atoms with Crippen molar-refractivity contribution in [2.75, 3.05) is 19.3 Å². The van der Waals surface area contributed by atoms with Crippen LogP contribution in [-0.2, 0) is 14.6 Å². The average molecular weight is 523 g/mol. The molecule has 1 aliphatic rings. The van der Waals surface area contributed by atoms with E-state index in [9.17, 15) is 13.2 Å². The summed E-state index contributed by atoms with van der Waals surface area (Å²) in [6.07, 6.45) is 2.42. The molecule has 5 rings (SSSR count). The normalized spacial score (nSPS) is 15.3. The van der Waals surface area contributed by atoms with E-state index in [0.29, 0.717) is 30.1 Å². The maximum atomic E-state index is 12.3. The molecule has 8 nitrogen and oxygen atoms in total. The number of sulfone groups is 1. The number of piperidine rings is 1. The first-order chi connectivity index (χ1) is 17.4. The van der Waals surface area contributed by atoms with Crippen molar-refractivity contribution >= 4 is 37.8 Å². The first-order valence-electron chi connectivity index (χ1n) is 12.2. The summed E-state index contributed by atoms with van der Waals surface area (Å²) in [4.78, 5) is 18.7. The second-order valence-electron chi connectivity index (χ2n) is 10.4. The summed E-state index contributed by atoms with van der Waals surface area (Å²) < 4.78 is 41.3. The van der Waals surface area contributed by atoms with Gasteiger partial charge < -0.3 is 18.8 Å². The minimum Gasteiger partial charge on any atom is -0.490 e. The molecule has 2 heterocycles. The number of rotatable bonds is 4. The number of aromatic nitrogens is 1. The number of carbonyl (C=O) groups is 1. The summed E-state index contributed by atoms with van der Waals surface area (Å²) in [5, 5.41) is 2.02. The van der Waals surface area contributed by atoms with E-state index in [0.717, 1.165) is 34.9 Å². The lowest BCUT2D eigenvalue weighted by Gasteiger charge is -2.33. The van der Waals surface area contributed by atoms with Gasteiger partial charge in [0.05, 0.1) is 4.90 Å². The van der Waals surface area contributed by atoms with Crippen LogP contribution in [0.4, 0.5) is 4.79 Å². The number of fused-ring (bicyclic) bond motifs is 2. The lowest BCUT2D eigenvalue weighted by Crippen LogP contribution is -2.44. The maximum Gasteiger partial charge on any atom is 0.410 e. The molecule has 1 amide bonds. The zero-order valence-electron chi connectivity index (χ0n) is 21.4. The summed E-state index contributed by atoms with van der Waals surface area (Å²) in [6.45, 7) is 6.81. The second-order valence-corrected chi connectivity index (χ2v) is 12.4. The Hall–Kier alpha value is -3.59. The SMILES string of the molecule is CC(C)(C)OC(=O)N1CCC(Oc2ccc3cc(-c4nc5cc(S(C)(=O)=O)ccc5o4)ccc3c2)CC1. The molecular formula is C28H30N2O6S. The van der Waals surface area contributed by atoms with Crippen LogP contribution in [0.1, 0.15) is 33.6 Å². The molecule has 3 aromatic carbocycles. The number of ether oxygens (including phenoxy) is 2. The first-order valence-corrected chi connectivity index (χ1v) is 14.1. The second kappa shape index (κ2) is 9.37. The molecule has 0 bridgehead atoms. The van der Waals surface area contributed by atoms with E-state index in [4.69, 9.17) is 13.9 Å². The van der Waals surface area contributed by atoms with Crippen molar-refractivity contribution in [3.63, 3.8) is 0 Å². The predicted molar refractivity (Wildman–Crippen MR) is 142 cm³/mol. The topological polar surface area (TPSA) is 98.9 Å². The zero-order chi connectivity index (χ0) is 26.4. The van der Waals surface area contributed by atoms with Gasteiger partial charge in [0.2, 0.25) is 5.89 Å². The van der Waals surface area contributed by atoms with Crippen LogP contribution in [-0.4, -0.2) is 55.4 Å². The van der Waals surface area contributed by atoms with E-state index in [2.05, 4.69) is 4.98 Å². The van der Waals surface area contributed by atoms with E-state index < -0.39 is 15.4 Å². The van der Waals surface area contributed by atoms with Crippen molar-refractivity contribution in [3.8, 4) is 17.2 Å². The molecule has 4 aromatic rings. The highest BCUT2D eigenvalue weighted by atomic mass is 32.2. The van der Waals surface area contributed by atoms with E-state index in [1.807, 2.05) is 57.2 Å². The van der Waals surface area contributed by atoms with E-state index in [1.165, 1.54) is 18.4 Å². The molecule has 1 fully saturated rings. The number of oxazole rings is 1. The lowest BCUT2D eigenvalue weighted by atomic mass is 10.1. The smallest absolute Gasteiger partial charge is 0.410 e. The molecule has 0 unspecified atom stereocenters. The van der Waals surface area contributed by atoms with Crippen LogP contribution in [0.15, 0.2) is 63.9 Å². The van der Waals surface area contributed by atoms with Gasteiger partial charge in [-0.05, 0) is 74.0 Å². The van der Waals surface area contributed by atoms with Crippen LogP contribution < -0.4 is 4.74 Å². The highest BCUT2D eigenvalue weighted by Crippen LogP contribution is 2.30. The van der Waals surface area contributed by atoms with Crippen molar-refractivity contribution in [1.29, 1.82) is 0 Å². The number of likely N-dealkylation sites (tertiary alicyclic amines) is 1. The van der Waals surface area contributed by atoms with Gasteiger partial charge in [0.25, 0.3) is 0 Å². The van der Waals surface area contributed by atoms with E-state index >= 15 is 0 Å². The maximum absolute atomic E-state index is 12.3. The first kappa shape index (κ1) is 25.1. The predicted octanol–water partition coefficient (Wildman–Crippen LogP) is 5.83. The summed E-state index contributed by atoms with van der Waals surface area (Å²) in [5.41, 5.74) is 1.33. The summed E-state index contributed by atoms with van der Waals surface area (Å²) in [6, 6.07) is 16.5. The molecular weight excluding hydrogens is 492 g/mol. The van der Waals surface area contributed by atoms with Crippen molar-refractivity contribution < 1.29 is 27.1 Å². The Kier molecular flexibility index (Phi) is 6.35. The number of benzene rings is 3. The molecule has 0 saturated carbocycles. The van der Waals surface area contributed by atoms with Gasteiger partial charge in [-0.1, -0.05) is 12.1 Å². The lowest BCUT2D eigenvalue weighted by molar-refractivity contribution is 0.0127. The fraction of sp³-hybridized carbons (Fsp3) is 0.357. The quantitative estimate of drug-likeness (QED) is 0.332. The molecule has 194 valence electrons. The van der Waals surface area contributed by atoms with Crippen molar-refractivity contribution in [2.45, 2.75) is 50.2 Å². The Morgan fingerprint density at radius 3 is 2.41 bits per heavy atom. The fourth-order valence-electron chi connectivity index (χ4n) is 4.37. The molecule has 1 aromatic heterocycles. The minimum atomic E-state index is -3.32. The largest absolute Gasteiger partial charge is 0.490 e. The van der Waals surface area contributed by atoms with Crippen LogP contribution in [0.5, 0.6) is 5.75 Å². The molecule has 0 N–H and O–H groups in total. The third-order valence-electron chi connectivity index (χ3n) is 6.24. The highest BCUT2D eigenvalue weighted by Gasteiger charge is 2.27. The van der Waals surface area contributed by atoms with Gasteiger partial charge in [-0.2, -0.15) is 0 Å². The van der Waals surface area contributed by atoms with Crippen LogP contribution >= 0.6 is 0 Å². The number of amides is 1. The van der Waals surface area contributed by atoms with Crippen molar-refractivity contribution in [2.24, 2.45) is 0 Å². The average Bonchev–Trinajstić information content (AvgIpc) is 3.26. The standard InChI is InChI=1S/C28H30N2O6S/c1-28(2,3)36-27(31)30-13-11-21(12-14-30)34-22-8-7-18-15-20(6-5-19(18)16-22)26-29-24-17-23(37(4,32)33)9-10-25(24)35-26/h5-10,15-17,21H,11-14H2,1-4H3. The van der Waals surface area contributed by atoms with Gasteiger partial charge in [0, 0.05) is 37.8 Å². The molecule has 0 radical (unpaired) electrons. The van der Waals surface area contributed by atoms with Gasteiger partial charge >= 0.3 is 6.09 Å². The summed E-state index contributed by atoms with van der Waals surface area (Å²) >= 11 is 0. The molecule has 0 aliphatic carbocycles. The molecule has 0 spiro atoms. The fourth-order valence-corrected chi connectivity index (χ4v) is 5.01. The molecule has 1 aliphatic heterocycles. The Balaban J connectivity index is 1.27. The van der Waals surface area contributed by atoms with E-state index in [1.54, 1.807) is 11.0 Å². The molecule has 9 heteroatoms. The highest BCUT2D eigenvalue weighted by molar-refractivity contribution is 7.90. The third-order valence-corrected chi connectivity index (χ3v) is 7.35. The van der Waals surface area contributed by atoms with Crippen LogP contribution in [0.2, 0.25) is 0 Å². The minimum absolute atomic E-state index is 0.0342. The van der Waals surface area contributed by atoms with Gasteiger partial charge in [0.15, 0.2) is 15.4 Å². The Morgan fingerprint density at radius 1 is 1.00 bits per heavy atom. The van der Waals surface area contributed by atoms with E-state index in [-0.39, 0.29) is 17.1 Å². The Morgan fingerprint density at radius 2 is 1.70 bits per heavy atom. The van der Waals surface area contributed by atoms with Gasteiger partial charge in [-0.15, -0.1) is 0 Å². The van der Waals surface area contributed by atoms with Crippen LogP contribution in [0.25, 0.3) is 33.3 Å². The van der Waals surface area contributed by atoms with Gasteiger partial charge in [-0.3, -0.25) is 0 Å². The van der Waals surface area contributed by atoms with Gasteiger partial charge in [-0.25, -0.2) is 18.2 Å². The Labute approximate surface area is 216 Å². The summed E-state index contributed by atoms with van der Waals surface area (Å²) in [5.74, 6) is 1.21. The number of nitrogens with zero attached hydrogens (tertiary/aromatic N) is 2. The van der Waals surface area contributed by atoms with Crippen LogP contribution in [0, 0.1) is 0 Å². The van der Waals surface area contributed by atoms with Crippen LogP contribution in [0.3, 0.4) is 0 Å². The molecule has 1 saturated heterocycles. The summed E-state index contributed by atoms with van der Waals surface area (Å²) in [7, 11) is -3.32. The molecule has 0 atom stereocenters. The monoisotopic (exact) mass is 522 g/mol. The third kappa shape index (κ3) is 5.72. The van der Waals surface area contributed by atoms with Gasteiger partial charge in [0.1, 0.15) is 23.0 Å². The van der Waals surface area contributed by atoms with Crippen molar-refractivity contribution in [3.05, 3.63) is 54.6 Å². The Bertz CT molecular complexity index is 1580. The number of hydrogen-bond acceptors (Lipinski definition) is 7. The van der Waals surface area contributed by atoms with Crippen molar-refractivity contribution in [1.82, 2.24) is 9.88 Å². The number of hydrogen-bond donors (Lipinski definition) is 0. The molecule has 37 heavy (non-hydrogen) atoms.